The first-order chi connectivity index (χ1) is 6.53. The van der Waals surface area contributed by atoms with Gasteiger partial charge in [-0.05, 0) is 31.8 Å². The lowest BCUT2D eigenvalue weighted by atomic mass is 10.2. The van der Waals surface area contributed by atoms with Crippen molar-refractivity contribution in [3.8, 4) is 0 Å². The zero-order valence-electron chi connectivity index (χ0n) is 8.62. The fourth-order valence-electron chi connectivity index (χ4n) is 0.996. The summed E-state index contributed by atoms with van der Waals surface area (Å²) in [6.45, 7) is 6.29. The molecule has 14 heavy (non-hydrogen) atoms. The van der Waals surface area contributed by atoms with Gasteiger partial charge in [-0.1, -0.05) is 18.2 Å². The molecule has 1 rings (SSSR count). The second-order valence-corrected chi connectivity index (χ2v) is 8.57. The first kappa shape index (κ1) is 11.3. The standard InChI is InChI=1S/C10H14ClNOSi/c1-14(2,3)13-10(12-11)9-7-5-4-6-8-9/h4-8H,1-3H3. The predicted octanol–water partition coefficient (Wildman–Crippen LogP) is 3.44. The second kappa shape index (κ2) is 4.62. The van der Waals surface area contributed by atoms with Crippen molar-refractivity contribution >= 4 is 26.0 Å². The lowest BCUT2D eigenvalue weighted by Gasteiger charge is -2.19. The van der Waals surface area contributed by atoms with Crippen LogP contribution in [0.15, 0.2) is 34.8 Å². The first-order valence-corrected chi connectivity index (χ1v) is 8.21. The quantitative estimate of drug-likeness (QED) is 0.431. The summed E-state index contributed by atoms with van der Waals surface area (Å²) in [5.41, 5.74) is 0.921. The highest BCUT2D eigenvalue weighted by atomic mass is 35.5. The molecule has 2 nitrogen and oxygen atoms in total. The van der Waals surface area contributed by atoms with Gasteiger partial charge in [0.15, 0.2) is 0 Å². The van der Waals surface area contributed by atoms with Crippen LogP contribution in [-0.4, -0.2) is 14.2 Å². The van der Waals surface area contributed by atoms with E-state index in [0.717, 1.165) is 5.56 Å². The van der Waals surface area contributed by atoms with Crippen molar-refractivity contribution in [2.24, 2.45) is 4.51 Å². The van der Waals surface area contributed by atoms with E-state index in [-0.39, 0.29) is 0 Å². The Labute approximate surface area is 90.8 Å². The van der Waals surface area contributed by atoms with Gasteiger partial charge < -0.3 is 4.43 Å². The number of hydrogen-bond donors (Lipinski definition) is 0. The van der Waals surface area contributed by atoms with Crippen LogP contribution in [0.4, 0.5) is 0 Å². The molecule has 0 aliphatic heterocycles. The Morgan fingerprint density at radius 3 is 2.21 bits per heavy atom. The Morgan fingerprint density at radius 1 is 1.21 bits per heavy atom. The summed E-state index contributed by atoms with van der Waals surface area (Å²) >= 11 is 5.49. The summed E-state index contributed by atoms with van der Waals surface area (Å²) in [5, 5.41) is 0. The maximum absolute atomic E-state index is 5.73. The van der Waals surface area contributed by atoms with E-state index in [4.69, 9.17) is 16.2 Å². The van der Waals surface area contributed by atoms with Crippen molar-refractivity contribution in [2.75, 3.05) is 0 Å². The van der Waals surface area contributed by atoms with Gasteiger partial charge in [-0.15, -0.1) is 4.51 Å². The van der Waals surface area contributed by atoms with Crippen molar-refractivity contribution in [1.29, 1.82) is 0 Å². The molecule has 0 aliphatic carbocycles. The minimum Gasteiger partial charge on any atom is -0.530 e. The summed E-state index contributed by atoms with van der Waals surface area (Å²) in [4.78, 5) is 0. The summed E-state index contributed by atoms with van der Waals surface area (Å²) in [5.74, 6) is 0.520. The molecule has 0 saturated heterocycles. The van der Waals surface area contributed by atoms with Gasteiger partial charge in [-0.2, -0.15) is 0 Å². The normalized spacial score (nSPS) is 12.7. The van der Waals surface area contributed by atoms with Crippen LogP contribution in [0.25, 0.3) is 0 Å². The average Bonchev–Trinajstić information content (AvgIpc) is 2.14. The molecule has 0 spiro atoms. The number of hydrogen-bond acceptors (Lipinski definition) is 2. The molecule has 0 amide bonds. The Balaban J connectivity index is 2.85. The van der Waals surface area contributed by atoms with E-state index in [1.54, 1.807) is 0 Å². The van der Waals surface area contributed by atoms with E-state index >= 15 is 0 Å². The van der Waals surface area contributed by atoms with E-state index in [9.17, 15) is 0 Å². The number of benzene rings is 1. The van der Waals surface area contributed by atoms with Gasteiger partial charge in [-0.3, -0.25) is 0 Å². The van der Waals surface area contributed by atoms with Crippen LogP contribution in [0, 0.1) is 0 Å². The molecule has 0 saturated carbocycles. The molecule has 4 heteroatoms. The summed E-state index contributed by atoms with van der Waals surface area (Å²) in [7, 11) is -1.64. The van der Waals surface area contributed by atoms with Crippen LogP contribution < -0.4 is 0 Å². The maximum Gasteiger partial charge on any atom is 0.244 e. The average molecular weight is 228 g/mol. The number of rotatable bonds is 2. The molecule has 0 unspecified atom stereocenters. The zero-order valence-corrected chi connectivity index (χ0v) is 10.4. The smallest absolute Gasteiger partial charge is 0.244 e. The van der Waals surface area contributed by atoms with Crippen molar-refractivity contribution < 1.29 is 4.43 Å². The van der Waals surface area contributed by atoms with Crippen molar-refractivity contribution in [3.63, 3.8) is 0 Å². The molecular weight excluding hydrogens is 214 g/mol. The third kappa shape index (κ3) is 3.52. The van der Waals surface area contributed by atoms with Gasteiger partial charge in [0.2, 0.25) is 14.2 Å². The van der Waals surface area contributed by atoms with Gasteiger partial charge in [0.1, 0.15) is 0 Å². The minimum absolute atomic E-state index is 0.520. The lowest BCUT2D eigenvalue weighted by molar-refractivity contribution is 0.555. The van der Waals surface area contributed by atoms with Crippen LogP contribution >= 0.6 is 11.8 Å². The van der Waals surface area contributed by atoms with Gasteiger partial charge in [0.25, 0.3) is 0 Å². The minimum atomic E-state index is -1.64. The topological polar surface area (TPSA) is 21.6 Å². The lowest BCUT2D eigenvalue weighted by Crippen LogP contribution is -2.29. The van der Waals surface area contributed by atoms with Gasteiger partial charge in [0.05, 0.1) is 0 Å². The number of nitrogens with zero attached hydrogens (tertiary/aromatic N) is 1. The highest BCUT2D eigenvalue weighted by molar-refractivity contribution is 6.71. The Kier molecular flexibility index (Phi) is 3.72. The molecule has 0 radical (unpaired) electrons. The van der Waals surface area contributed by atoms with E-state index < -0.39 is 8.32 Å². The fourth-order valence-corrected chi connectivity index (χ4v) is 1.93. The first-order valence-electron chi connectivity index (χ1n) is 4.46. The van der Waals surface area contributed by atoms with Crippen molar-refractivity contribution in [1.82, 2.24) is 0 Å². The van der Waals surface area contributed by atoms with Crippen LogP contribution in [0.1, 0.15) is 5.56 Å². The maximum atomic E-state index is 5.73. The Morgan fingerprint density at radius 2 is 1.79 bits per heavy atom. The Hall–Kier alpha value is -0.803. The molecule has 76 valence electrons. The Bertz CT molecular complexity index is 319. The van der Waals surface area contributed by atoms with E-state index in [0.29, 0.717) is 5.90 Å². The molecule has 1 aromatic rings. The predicted molar refractivity (Wildman–Crippen MR) is 63.3 cm³/mol. The third-order valence-electron chi connectivity index (χ3n) is 1.50. The molecule has 0 atom stereocenters. The summed E-state index contributed by atoms with van der Waals surface area (Å²) in [6, 6.07) is 9.68. The van der Waals surface area contributed by atoms with Gasteiger partial charge in [-0.25, -0.2) is 0 Å². The zero-order chi connectivity index (χ0) is 10.6. The van der Waals surface area contributed by atoms with E-state index in [2.05, 4.69) is 24.2 Å². The molecule has 0 aliphatic rings. The molecule has 0 aromatic heterocycles. The van der Waals surface area contributed by atoms with Gasteiger partial charge in [0, 0.05) is 17.3 Å². The monoisotopic (exact) mass is 227 g/mol. The third-order valence-corrected chi connectivity index (χ3v) is 2.46. The fraction of sp³-hybridized carbons (Fsp3) is 0.300. The van der Waals surface area contributed by atoms with Gasteiger partial charge >= 0.3 is 0 Å². The van der Waals surface area contributed by atoms with Crippen molar-refractivity contribution in [2.45, 2.75) is 19.6 Å². The molecule has 1 aromatic carbocycles. The molecule has 0 bridgehead atoms. The summed E-state index contributed by atoms with van der Waals surface area (Å²) in [6.07, 6.45) is 0. The van der Waals surface area contributed by atoms with E-state index in [1.165, 1.54) is 0 Å². The highest BCUT2D eigenvalue weighted by Crippen LogP contribution is 2.11. The van der Waals surface area contributed by atoms with Crippen LogP contribution in [0.3, 0.4) is 0 Å². The highest BCUT2D eigenvalue weighted by Gasteiger charge is 2.19. The van der Waals surface area contributed by atoms with Crippen molar-refractivity contribution in [3.05, 3.63) is 35.9 Å². The molecule has 0 heterocycles. The molecular formula is C10H14ClNOSi. The van der Waals surface area contributed by atoms with Crippen LogP contribution in [-0.2, 0) is 4.43 Å². The van der Waals surface area contributed by atoms with E-state index in [1.807, 2.05) is 30.3 Å². The number of halogens is 1. The second-order valence-electron chi connectivity index (χ2n) is 3.97. The van der Waals surface area contributed by atoms with Crippen LogP contribution in [0.5, 0.6) is 0 Å². The van der Waals surface area contributed by atoms with Crippen LogP contribution in [0.2, 0.25) is 19.6 Å². The summed E-state index contributed by atoms with van der Waals surface area (Å²) < 4.78 is 9.37. The largest absolute Gasteiger partial charge is 0.530 e. The molecule has 0 fully saturated rings. The SMILES string of the molecule is C[Si](C)(C)OC(=NCl)c1ccccc1. The molecule has 0 N–H and O–H groups in total.